The van der Waals surface area contributed by atoms with Crippen molar-refractivity contribution in [2.75, 3.05) is 20.3 Å². The van der Waals surface area contributed by atoms with Crippen molar-refractivity contribution in [1.29, 1.82) is 0 Å². The Bertz CT molecular complexity index is 604. The van der Waals surface area contributed by atoms with Crippen molar-refractivity contribution < 1.29 is 19.1 Å². The van der Waals surface area contributed by atoms with Crippen LogP contribution >= 0.6 is 11.6 Å². The molecular weight excluding hydrogens is 328 g/mol. The lowest BCUT2D eigenvalue weighted by Gasteiger charge is -2.31. The summed E-state index contributed by atoms with van der Waals surface area (Å²) < 4.78 is 10.7. The number of rotatable bonds is 4. The Morgan fingerprint density at radius 3 is 2.42 bits per heavy atom. The predicted octanol–water partition coefficient (Wildman–Crippen LogP) is 3.80. The average molecular weight is 351 g/mol. The molecule has 1 saturated heterocycles. The minimum atomic E-state index is -0.732. The molecule has 1 aliphatic heterocycles. The highest BCUT2D eigenvalue weighted by Crippen LogP contribution is 2.39. The first-order valence-electron chi connectivity index (χ1n) is 8.55. The van der Waals surface area contributed by atoms with Gasteiger partial charge in [-0.1, -0.05) is 11.6 Å². The van der Waals surface area contributed by atoms with Gasteiger partial charge in [-0.2, -0.15) is 0 Å². The Morgan fingerprint density at radius 1 is 1.12 bits per heavy atom. The van der Waals surface area contributed by atoms with E-state index in [0.29, 0.717) is 35.1 Å². The maximum Gasteiger partial charge on any atom is 0.148 e. The van der Waals surface area contributed by atoms with Gasteiger partial charge in [-0.15, -0.1) is 0 Å². The fourth-order valence-electron chi connectivity index (χ4n) is 3.95. The third-order valence-electron chi connectivity index (χ3n) is 5.13. The van der Waals surface area contributed by atoms with Gasteiger partial charge >= 0.3 is 0 Å². The maximum atomic E-state index is 12.7. The number of carbonyl (C=O) groups is 2. The van der Waals surface area contributed by atoms with Crippen molar-refractivity contribution in [3.8, 4) is 5.75 Å². The summed E-state index contributed by atoms with van der Waals surface area (Å²) >= 11 is 6.06. The number of halogens is 1. The van der Waals surface area contributed by atoms with E-state index in [-0.39, 0.29) is 17.5 Å². The van der Waals surface area contributed by atoms with E-state index in [0.717, 1.165) is 32.5 Å². The van der Waals surface area contributed by atoms with E-state index in [1.54, 1.807) is 25.3 Å². The van der Waals surface area contributed by atoms with Gasteiger partial charge in [0.05, 0.1) is 7.11 Å². The van der Waals surface area contributed by atoms with Gasteiger partial charge in [0.1, 0.15) is 23.2 Å². The van der Waals surface area contributed by atoms with Crippen molar-refractivity contribution in [2.45, 2.75) is 38.0 Å². The maximum absolute atomic E-state index is 12.7. The molecule has 3 rings (SSSR count). The molecule has 0 aromatic heterocycles. The number of hydrogen-bond donors (Lipinski definition) is 0. The molecule has 24 heavy (non-hydrogen) atoms. The minimum absolute atomic E-state index is 0.0103. The lowest BCUT2D eigenvalue weighted by atomic mass is 9.73. The van der Waals surface area contributed by atoms with Gasteiger partial charge in [0, 0.05) is 36.6 Å². The third-order valence-corrected chi connectivity index (χ3v) is 5.37. The number of benzene rings is 1. The predicted molar refractivity (Wildman–Crippen MR) is 91.6 cm³/mol. The molecule has 4 nitrogen and oxygen atoms in total. The van der Waals surface area contributed by atoms with E-state index >= 15 is 0 Å². The zero-order valence-corrected chi connectivity index (χ0v) is 14.7. The monoisotopic (exact) mass is 350 g/mol. The number of Topliss-reactive ketones (excluding diaryl/α,β-unsaturated/α-hetero) is 2. The summed E-state index contributed by atoms with van der Waals surface area (Å²) in [6.07, 6.45) is 3.93. The van der Waals surface area contributed by atoms with Crippen LogP contribution in [-0.2, 0) is 14.3 Å². The smallest absolute Gasteiger partial charge is 0.148 e. The van der Waals surface area contributed by atoms with Crippen molar-refractivity contribution in [1.82, 2.24) is 0 Å². The summed E-state index contributed by atoms with van der Waals surface area (Å²) in [6.45, 7) is 1.59. The number of methoxy groups -OCH3 is 1. The number of ether oxygens (including phenoxy) is 2. The molecule has 1 aromatic rings. The number of carbonyl (C=O) groups excluding carboxylic acids is 2. The molecule has 0 bridgehead atoms. The molecule has 130 valence electrons. The standard InChI is InChI=1S/C19H23ClO4/c1-23-18-3-2-14(20)11-15(18)19-16(21)9-13(10-17(19)22)8-12-4-6-24-7-5-12/h2-3,11-13,19H,4-10H2,1H3. The van der Waals surface area contributed by atoms with Crippen LogP contribution in [0.3, 0.4) is 0 Å². The van der Waals surface area contributed by atoms with E-state index in [4.69, 9.17) is 21.1 Å². The molecule has 0 atom stereocenters. The molecule has 1 aromatic carbocycles. The van der Waals surface area contributed by atoms with Crippen LogP contribution in [0.1, 0.15) is 43.6 Å². The first kappa shape index (κ1) is 17.4. The molecule has 5 heteroatoms. The zero-order valence-electron chi connectivity index (χ0n) is 13.9. The summed E-state index contributed by atoms with van der Waals surface area (Å²) in [4.78, 5) is 25.4. The van der Waals surface area contributed by atoms with Crippen LogP contribution < -0.4 is 4.74 Å². The molecule has 0 amide bonds. The Kier molecular flexibility index (Phi) is 5.57. The van der Waals surface area contributed by atoms with E-state index in [2.05, 4.69) is 0 Å². The Balaban J connectivity index is 1.73. The van der Waals surface area contributed by atoms with Crippen LogP contribution in [0.15, 0.2) is 18.2 Å². The van der Waals surface area contributed by atoms with Crippen molar-refractivity contribution in [3.63, 3.8) is 0 Å². The van der Waals surface area contributed by atoms with Crippen LogP contribution in [0.4, 0.5) is 0 Å². The SMILES string of the molecule is COc1ccc(Cl)cc1C1C(=O)CC(CC2CCOCC2)CC1=O. The zero-order chi connectivity index (χ0) is 17.1. The Hall–Kier alpha value is -1.39. The fourth-order valence-corrected chi connectivity index (χ4v) is 4.13. The van der Waals surface area contributed by atoms with E-state index in [9.17, 15) is 9.59 Å². The lowest BCUT2D eigenvalue weighted by molar-refractivity contribution is -0.134. The van der Waals surface area contributed by atoms with Crippen molar-refractivity contribution in [3.05, 3.63) is 28.8 Å². The fraction of sp³-hybridized carbons (Fsp3) is 0.579. The summed E-state index contributed by atoms with van der Waals surface area (Å²) in [6, 6.07) is 5.10. The van der Waals surface area contributed by atoms with Gasteiger partial charge in [-0.05, 0) is 49.3 Å². The second-order valence-corrected chi connectivity index (χ2v) is 7.25. The van der Waals surface area contributed by atoms with Gasteiger partial charge in [0.15, 0.2) is 0 Å². The summed E-state index contributed by atoms with van der Waals surface area (Å²) in [5.41, 5.74) is 0.601. The normalized spacial score (nSPS) is 25.8. The molecular formula is C19H23ClO4. The quantitative estimate of drug-likeness (QED) is 0.775. The third kappa shape index (κ3) is 3.81. The molecule has 0 radical (unpaired) electrons. The Labute approximate surface area is 147 Å². The topological polar surface area (TPSA) is 52.6 Å². The van der Waals surface area contributed by atoms with Gasteiger partial charge in [-0.25, -0.2) is 0 Å². The van der Waals surface area contributed by atoms with Gasteiger partial charge in [-0.3, -0.25) is 9.59 Å². The highest BCUT2D eigenvalue weighted by atomic mass is 35.5. The van der Waals surface area contributed by atoms with Gasteiger partial charge in [0.25, 0.3) is 0 Å². The largest absolute Gasteiger partial charge is 0.496 e. The first-order valence-corrected chi connectivity index (χ1v) is 8.93. The van der Waals surface area contributed by atoms with Crippen LogP contribution in [0.5, 0.6) is 5.75 Å². The molecule has 0 N–H and O–H groups in total. The molecule has 0 unspecified atom stereocenters. The van der Waals surface area contributed by atoms with Crippen molar-refractivity contribution in [2.24, 2.45) is 11.8 Å². The van der Waals surface area contributed by atoms with Gasteiger partial charge < -0.3 is 9.47 Å². The summed E-state index contributed by atoms with van der Waals surface area (Å²) in [7, 11) is 1.54. The van der Waals surface area contributed by atoms with E-state index < -0.39 is 5.92 Å². The minimum Gasteiger partial charge on any atom is -0.496 e. The van der Waals surface area contributed by atoms with Crippen LogP contribution in [0.2, 0.25) is 5.02 Å². The molecule has 2 fully saturated rings. The molecule has 0 spiro atoms. The number of hydrogen-bond acceptors (Lipinski definition) is 4. The van der Waals surface area contributed by atoms with Crippen LogP contribution in [-0.4, -0.2) is 31.9 Å². The highest BCUT2D eigenvalue weighted by molar-refractivity contribution is 6.30. The summed E-state index contributed by atoms with van der Waals surface area (Å²) in [5.74, 6) is 0.530. The van der Waals surface area contributed by atoms with Crippen molar-refractivity contribution >= 4 is 23.2 Å². The first-order chi connectivity index (χ1) is 11.6. The summed E-state index contributed by atoms with van der Waals surface area (Å²) in [5, 5.41) is 0.510. The van der Waals surface area contributed by atoms with Gasteiger partial charge in [0.2, 0.25) is 0 Å². The average Bonchev–Trinajstić information content (AvgIpc) is 2.55. The van der Waals surface area contributed by atoms with Crippen LogP contribution in [0.25, 0.3) is 0 Å². The molecule has 1 aliphatic carbocycles. The highest BCUT2D eigenvalue weighted by Gasteiger charge is 2.38. The lowest BCUT2D eigenvalue weighted by Crippen LogP contribution is -2.33. The molecule has 1 saturated carbocycles. The van der Waals surface area contributed by atoms with E-state index in [1.807, 2.05) is 0 Å². The van der Waals surface area contributed by atoms with Crippen LogP contribution in [0, 0.1) is 11.8 Å². The number of ketones is 2. The second-order valence-electron chi connectivity index (χ2n) is 6.82. The molecule has 1 heterocycles. The molecule has 2 aliphatic rings. The van der Waals surface area contributed by atoms with E-state index in [1.165, 1.54) is 0 Å². The Morgan fingerprint density at radius 2 is 1.79 bits per heavy atom. The second kappa shape index (κ2) is 7.66.